The van der Waals surface area contributed by atoms with E-state index in [-0.39, 0.29) is 55.3 Å². The summed E-state index contributed by atoms with van der Waals surface area (Å²) in [7, 11) is 1.56. The van der Waals surface area contributed by atoms with Crippen molar-refractivity contribution in [1.29, 1.82) is 0 Å². The highest BCUT2D eigenvalue weighted by Gasteiger charge is 2.40. The quantitative estimate of drug-likeness (QED) is 0.158. The van der Waals surface area contributed by atoms with Crippen molar-refractivity contribution in [1.82, 2.24) is 15.1 Å². The third-order valence-electron chi connectivity index (χ3n) is 10.6. The van der Waals surface area contributed by atoms with Crippen LogP contribution in [0.15, 0.2) is 63.9 Å². The first kappa shape index (κ1) is 40.5. The van der Waals surface area contributed by atoms with E-state index in [0.717, 1.165) is 41.1 Å². The van der Waals surface area contributed by atoms with E-state index in [1.54, 1.807) is 40.8 Å². The van der Waals surface area contributed by atoms with Crippen molar-refractivity contribution in [2.75, 3.05) is 69.7 Å². The summed E-state index contributed by atoms with van der Waals surface area (Å²) in [4.78, 5) is 63.7. The first-order valence-corrected chi connectivity index (χ1v) is 21.4. The number of unbranched alkanes of at least 4 members (excludes halogenated alkanes) is 2. The van der Waals surface area contributed by atoms with Crippen LogP contribution in [0.5, 0.6) is 17.2 Å². The van der Waals surface area contributed by atoms with Crippen LogP contribution < -0.4 is 24.4 Å². The standard InChI is InChI=1S/C42H49N5O8S2/c1-26-14-29-20-44-33-18-37(36(52-4)17-31(33)41(50)45(29)21-26)55-11-7-5-6-10-54-35-19-34-32(16-28(35)3)42(51)46-22-27(2)15-30(46)23-47(34)39(48)8-12-53-13-9-43-40(49)38-24-56-25-57-38/h16-20,24,29-30H,1-2,5-15,21-23,25H2,3-4H3,(H,43,49)/t29-,30-/m0/s1. The molecular formula is C42H49N5O8S2. The molecule has 0 unspecified atom stereocenters. The maximum atomic E-state index is 13.8. The third-order valence-corrected chi connectivity index (χ3v) is 12.8. The molecule has 0 aliphatic carbocycles. The lowest BCUT2D eigenvalue weighted by molar-refractivity contribution is -0.120. The van der Waals surface area contributed by atoms with Crippen LogP contribution in [-0.2, 0) is 14.3 Å². The summed E-state index contributed by atoms with van der Waals surface area (Å²) in [6.45, 7) is 13.1. The molecule has 2 atom stereocenters. The number of thioether (sulfide) groups is 2. The Morgan fingerprint density at radius 3 is 2.42 bits per heavy atom. The predicted octanol–water partition coefficient (Wildman–Crippen LogP) is 6.04. The number of carbonyl (C=O) groups is 4. The van der Waals surface area contributed by atoms with Crippen LogP contribution in [0.3, 0.4) is 0 Å². The number of anilines is 1. The fourth-order valence-corrected chi connectivity index (χ4v) is 9.63. The van der Waals surface area contributed by atoms with Gasteiger partial charge in [0.05, 0.1) is 79.4 Å². The Kier molecular flexibility index (Phi) is 13.0. The van der Waals surface area contributed by atoms with Crippen LogP contribution in [0.1, 0.15) is 64.8 Å². The molecule has 5 aliphatic rings. The monoisotopic (exact) mass is 815 g/mol. The summed E-state index contributed by atoms with van der Waals surface area (Å²) in [5.41, 5.74) is 4.86. The highest BCUT2D eigenvalue weighted by atomic mass is 32.2. The molecular weight excluding hydrogens is 767 g/mol. The first-order chi connectivity index (χ1) is 27.6. The van der Waals surface area contributed by atoms with Gasteiger partial charge < -0.3 is 39.0 Å². The lowest BCUT2D eigenvalue weighted by atomic mass is 10.1. The molecule has 7 rings (SSSR count). The van der Waals surface area contributed by atoms with Gasteiger partial charge in [-0.15, -0.1) is 23.5 Å². The highest BCUT2D eigenvalue weighted by molar-refractivity contribution is 8.22. The van der Waals surface area contributed by atoms with E-state index in [9.17, 15) is 19.2 Å². The molecule has 0 bridgehead atoms. The number of benzene rings is 2. The number of nitrogens with zero attached hydrogens (tertiary/aromatic N) is 4. The van der Waals surface area contributed by atoms with Gasteiger partial charge in [-0.05, 0) is 62.1 Å². The molecule has 57 heavy (non-hydrogen) atoms. The molecule has 2 fully saturated rings. The lowest BCUT2D eigenvalue weighted by Gasteiger charge is -2.26. The molecule has 302 valence electrons. The summed E-state index contributed by atoms with van der Waals surface area (Å²) < 4.78 is 23.7. The Balaban J connectivity index is 0.920. The van der Waals surface area contributed by atoms with Crippen molar-refractivity contribution in [2.24, 2.45) is 4.99 Å². The van der Waals surface area contributed by atoms with Crippen LogP contribution in [0.4, 0.5) is 11.4 Å². The minimum Gasteiger partial charge on any atom is -0.493 e. The summed E-state index contributed by atoms with van der Waals surface area (Å²) in [6.07, 6.45) is 5.64. The Morgan fingerprint density at radius 2 is 1.65 bits per heavy atom. The number of ether oxygens (including phenoxy) is 4. The van der Waals surface area contributed by atoms with E-state index in [0.29, 0.717) is 96.9 Å². The van der Waals surface area contributed by atoms with Crippen molar-refractivity contribution >= 4 is 64.7 Å². The number of methoxy groups -OCH3 is 1. The average Bonchev–Trinajstić information content (AvgIpc) is 3.94. The van der Waals surface area contributed by atoms with E-state index in [1.165, 1.54) is 11.8 Å². The van der Waals surface area contributed by atoms with Crippen LogP contribution in [0, 0.1) is 6.92 Å². The van der Waals surface area contributed by atoms with Crippen molar-refractivity contribution < 1.29 is 38.1 Å². The molecule has 13 nitrogen and oxygen atoms in total. The van der Waals surface area contributed by atoms with Gasteiger partial charge in [0.15, 0.2) is 11.5 Å². The van der Waals surface area contributed by atoms with Gasteiger partial charge in [-0.25, -0.2) is 0 Å². The van der Waals surface area contributed by atoms with Crippen LogP contribution in [0.2, 0.25) is 0 Å². The summed E-state index contributed by atoms with van der Waals surface area (Å²) >= 11 is 3.12. The van der Waals surface area contributed by atoms with Crippen molar-refractivity contribution in [3.63, 3.8) is 0 Å². The zero-order chi connectivity index (χ0) is 40.1. The number of nitrogens with one attached hydrogen (secondary N) is 1. The number of carbonyl (C=O) groups excluding carboxylic acids is 4. The van der Waals surface area contributed by atoms with Gasteiger partial charge in [-0.1, -0.05) is 24.3 Å². The fourth-order valence-electron chi connectivity index (χ4n) is 7.64. The number of aliphatic imine (C=N–C) groups is 1. The molecule has 0 aromatic heterocycles. The van der Waals surface area contributed by atoms with Crippen molar-refractivity contribution in [2.45, 2.75) is 57.5 Å². The molecule has 2 aromatic rings. The van der Waals surface area contributed by atoms with Gasteiger partial charge >= 0.3 is 0 Å². The molecule has 1 N–H and O–H groups in total. The first-order valence-electron chi connectivity index (χ1n) is 19.3. The van der Waals surface area contributed by atoms with E-state index in [2.05, 4.69) is 23.5 Å². The Hall–Kier alpha value is -4.73. The van der Waals surface area contributed by atoms with E-state index >= 15 is 0 Å². The second-order valence-corrected chi connectivity index (χ2v) is 17.0. The Morgan fingerprint density at radius 1 is 0.895 bits per heavy atom. The van der Waals surface area contributed by atoms with Crippen LogP contribution in [0.25, 0.3) is 0 Å². The SMILES string of the molecule is C=C1C[C@H]2CN(C(=O)CCOCCNC(=O)C3=CSCS3)c3cc(OCCCCCOc4cc5c(cc4OC)C(=O)N4CC(=C)C[C@H]4C=N5)c(C)cc3C(=O)N2C1. The van der Waals surface area contributed by atoms with Gasteiger partial charge in [-0.2, -0.15) is 0 Å². The van der Waals surface area contributed by atoms with Gasteiger partial charge in [-0.3, -0.25) is 24.2 Å². The summed E-state index contributed by atoms with van der Waals surface area (Å²) in [5, 5.41) is 5.55. The molecule has 2 aromatic carbocycles. The smallest absolute Gasteiger partial charge is 0.258 e. The summed E-state index contributed by atoms with van der Waals surface area (Å²) in [5.74, 6) is 1.18. The van der Waals surface area contributed by atoms with Crippen LogP contribution in [-0.4, -0.2) is 117 Å². The number of fused-ring (bicyclic) bond motifs is 4. The number of rotatable bonds is 16. The zero-order valence-corrected chi connectivity index (χ0v) is 34.1. The summed E-state index contributed by atoms with van der Waals surface area (Å²) in [6, 6.07) is 6.88. The largest absolute Gasteiger partial charge is 0.493 e. The second kappa shape index (κ2) is 18.2. The normalized spacial score (nSPS) is 19.8. The minimum atomic E-state index is -0.162. The van der Waals surface area contributed by atoms with Gasteiger partial charge in [0.1, 0.15) is 5.75 Å². The van der Waals surface area contributed by atoms with Crippen molar-refractivity contribution in [3.8, 4) is 17.2 Å². The van der Waals surface area contributed by atoms with Gasteiger partial charge in [0.25, 0.3) is 17.7 Å². The maximum absolute atomic E-state index is 13.8. The van der Waals surface area contributed by atoms with Gasteiger partial charge in [0.2, 0.25) is 5.91 Å². The maximum Gasteiger partial charge on any atom is 0.258 e. The third kappa shape index (κ3) is 9.21. The molecule has 5 heterocycles. The predicted molar refractivity (Wildman–Crippen MR) is 223 cm³/mol. The van der Waals surface area contributed by atoms with Crippen molar-refractivity contribution in [3.05, 3.63) is 75.6 Å². The van der Waals surface area contributed by atoms with E-state index in [4.69, 9.17) is 18.9 Å². The lowest BCUT2D eigenvalue weighted by Crippen LogP contribution is -2.42. The fraction of sp³-hybridized carbons (Fsp3) is 0.452. The molecule has 5 aliphatic heterocycles. The number of hydrogen-bond donors (Lipinski definition) is 1. The Bertz CT molecular complexity index is 2020. The number of hydrogen-bond acceptors (Lipinski definition) is 11. The molecule has 15 heteroatoms. The second-order valence-electron chi connectivity index (χ2n) is 14.7. The van der Waals surface area contributed by atoms with E-state index < -0.39 is 0 Å². The molecule has 0 radical (unpaired) electrons. The molecule has 2 saturated heterocycles. The molecule has 0 spiro atoms. The number of aryl methyl sites for hydroxylation is 1. The Labute approximate surface area is 341 Å². The van der Waals surface area contributed by atoms with Crippen LogP contribution >= 0.6 is 23.5 Å². The molecule has 0 saturated carbocycles. The topological polar surface area (TPSA) is 139 Å². The van der Waals surface area contributed by atoms with E-state index in [1.807, 2.05) is 35.6 Å². The van der Waals surface area contributed by atoms with Gasteiger partial charge in [0, 0.05) is 49.6 Å². The number of amides is 4. The average molecular weight is 816 g/mol. The molecule has 4 amide bonds. The minimum absolute atomic E-state index is 0.0887. The zero-order valence-electron chi connectivity index (χ0n) is 32.5. The highest BCUT2D eigenvalue weighted by Crippen LogP contribution is 2.40.